The van der Waals surface area contributed by atoms with Crippen LogP contribution in [-0.2, 0) is 14.8 Å². The monoisotopic (exact) mass is 442 g/mol. The highest BCUT2D eigenvalue weighted by molar-refractivity contribution is 7.92. The van der Waals surface area contributed by atoms with Crippen molar-refractivity contribution in [3.63, 3.8) is 0 Å². The molecule has 10 heteroatoms. The molecule has 0 saturated carbocycles. The first-order chi connectivity index (χ1) is 13.7. The first-order valence-corrected chi connectivity index (χ1v) is 10.7. The Labute approximate surface area is 172 Å². The number of aliphatic hydroxyl groups is 1. The molecule has 0 atom stereocenters. The molecule has 3 N–H and O–H groups in total. The summed E-state index contributed by atoms with van der Waals surface area (Å²) in [4.78, 5) is 12.5. The Bertz CT molecular complexity index is 992. The summed E-state index contributed by atoms with van der Waals surface area (Å²) in [7, 11) is -4.03. The number of halogens is 2. The number of benzene rings is 2. The summed E-state index contributed by atoms with van der Waals surface area (Å²) in [5.41, 5.74) is -0.609. The van der Waals surface area contributed by atoms with Crippen LogP contribution < -0.4 is 10.0 Å². The summed E-state index contributed by atoms with van der Waals surface area (Å²) in [5, 5.41) is 12.6. The minimum Gasteiger partial charge on any atom is -0.394 e. The summed E-state index contributed by atoms with van der Waals surface area (Å²) in [5.74, 6) is -1.04. The third-order valence-electron chi connectivity index (χ3n) is 4.73. The van der Waals surface area contributed by atoms with Gasteiger partial charge in [0.15, 0.2) is 0 Å². The van der Waals surface area contributed by atoms with Crippen LogP contribution in [0.3, 0.4) is 0 Å². The molecule has 29 heavy (non-hydrogen) atoms. The topological polar surface area (TPSA) is 105 Å². The summed E-state index contributed by atoms with van der Waals surface area (Å²) in [6.07, 6.45) is 0.930. The Hall–Kier alpha value is -2.20. The van der Waals surface area contributed by atoms with Crippen LogP contribution in [0.15, 0.2) is 47.4 Å². The van der Waals surface area contributed by atoms with Crippen LogP contribution in [0.2, 0.25) is 5.02 Å². The van der Waals surface area contributed by atoms with Crippen LogP contribution >= 0.6 is 11.6 Å². The lowest BCUT2D eigenvalue weighted by Gasteiger charge is -2.36. The van der Waals surface area contributed by atoms with E-state index < -0.39 is 27.3 Å². The zero-order valence-corrected chi connectivity index (χ0v) is 16.9. The normalized spacial score (nSPS) is 16.2. The smallest absolute Gasteiger partial charge is 0.261 e. The van der Waals surface area contributed by atoms with Gasteiger partial charge in [-0.05, 0) is 55.3 Å². The minimum atomic E-state index is -4.03. The van der Waals surface area contributed by atoms with Crippen molar-refractivity contribution in [1.29, 1.82) is 0 Å². The first-order valence-electron chi connectivity index (χ1n) is 8.84. The standard InChI is InChI=1S/C19H20ClFN2O5S/c20-16-6-1-13(18(25)22-19(12-24)7-9-28-10-8-19)11-17(16)23-29(26,27)15-4-2-14(21)3-5-15/h1-6,11,23-24H,7-10,12H2,(H,22,25). The van der Waals surface area contributed by atoms with Gasteiger partial charge in [-0.15, -0.1) is 0 Å². The third-order valence-corrected chi connectivity index (χ3v) is 6.44. The van der Waals surface area contributed by atoms with Crippen molar-refractivity contribution in [2.45, 2.75) is 23.3 Å². The fourth-order valence-electron chi connectivity index (χ4n) is 2.96. The van der Waals surface area contributed by atoms with E-state index in [1.54, 1.807) is 0 Å². The van der Waals surface area contributed by atoms with E-state index in [1.165, 1.54) is 18.2 Å². The molecule has 1 fully saturated rings. The second-order valence-electron chi connectivity index (χ2n) is 6.76. The molecule has 2 aromatic carbocycles. The molecule has 2 aromatic rings. The Kier molecular flexibility index (Phi) is 6.42. The summed E-state index contributed by atoms with van der Waals surface area (Å²) in [6, 6.07) is 8.47. The Morgan fingerprint density at radius 3 is 2.45 bits per heavy atom. The molecule has 1 aliphatic heterocycles. The van der Waals surface area contributed by atoms with E-state index in [0.29, 0.717) is 26.1 Å². The van der Waals surface area contributed by atoms with Gasteiger partial charge in [-0.2, -0.15) is 0 Å². The molecule has 0 unspecified atom stereocenters. The lowest BCUT2D eigenvalue weighted by Crippen LogP contribution is -2.54. The number of carbonyl (C=O) groups excluding carboxylic acids is 1. The Balaban J connectivity index is 1.82. The van der Waals surface area contributed by atoms with E-state index in [1.807, 2.05) is 0 Å². The quantitative estimate of drug-likeness (QED) is 0.637. The summed E-state index contributed by atoms with van der Waals surface area (Å²) in [6.45, 7) is 0.605. The molecule has 0 radical (unpaired) electrons. The van der Waals surface area contributed by atoms with Crippen molar-refractivity contribution in [2.75, 3.05) is 24.5 Å². The van der Waals surface area contributed by atoms with Crippen LogP contribution in [0.1, 0.15) is 23.2 Å². The molecule has 0 spiro atoms. The minimum absolute atomic E-state index is 0.00803. The van der Waals surface area contributed by atoms with Crippen LogP contribution in [0.4, 0.5) is 10.1 Å². The van der Waals surface area contributed by atoms with E-state index in [0.717, 1.165) is 24.3 Å². The van der Waals surface area contributed by atoms with E-state index in [-0.39, 0.29) is 27.8 Å². The van der Waals surface area contributed by atoms with Gasteiger partial charge in [0.2, 0.25) is 0 Å². The van der Waals surface area contributed by atoms with E-state index in [4.69, 9.17) is 16.3 Å². The Morgan fingerprint density at radius 1 is 1.17 bits per heavy atom. The van der Waals surface area contributed by atoms with Gasteiger partial charge in [0.1, 0.15) is 5.82 Å². The largest absolute Gasteiger partial charge is 0.394 e. The van der Waals surface area contributed by atoms with Gasteiger partial charge in [-0.25, -0.2) is 12.8 Å². The predicted octanol–water partition coefficient (Wildman–Crippen LogP) is 2.55. The molecular formula is C19H20ClFN2O5S. The van der Waals surface area contributed by atoms with E-state index in [9.17, 15) is 22.7 Å². The highest BCUT2D eigenvalue weighted by Gasteiger charge is 2.34. The molecule has 7 nitrogen and oxygen atoms in total. The maximum atomic E-state index is 13.1. The molecule has 0 aromatic heterocycles. The molecule has 156 valence electrons. The number of hydrogen-bond donors (Lipinski definition) is 3. The number of rotatable bonds is 6. The zero-order valence-electron chi connectivity index (χ0n) is 15.3. The molecular weight excluding hydrogens is 423 g/mol. The lowest BCUT2D eigenvalue weighted by molar-refractivity contribution is 0.0125. The summed E-state index contributed by atoms with van der Waals surface area (Å²) < 4.78 is 45.7. The molecule has 1 saturated heterocycles. The number of anilines is 1. The van der Waals surface area contributed by atoms with Gasteiger partial charge < -0.3 is 15.2 Å². The number of aliphatic hydroxyl groups excluding tert-OH is 1. The summed E-state index contributed by atoms with van der Waals surface area (Å²) >= 11 is 6.09. The highest BCUT2D eigenvalue weighted by Crippen LogP contribution is 2.27. The molecule has 0 aliphatic carbocycles. The van der Waals surface area contributed by atoms with Crippen molar-refractivity contribution < 1.29 is 27.4 Å². The maximum Gasteiger partial charge on any atom is 0.261 e. The highest BCUT2D eigenvalue weighted by atomic mass is 35.5. The Morgan fingerprint density at radius 2 is 1.83 bits per heavy atom. The number of hydrogen-bond acceptors (Lipinski definition) is 5. The SMILES string of the molecule is O=C(NC1(CO)CCOCC1)c1ccc(Cl)c(NS(=O)(=O)c2ccc(F)cc2)c1. The van der Waals surface area contributed by atoms with Gasteiger partial charge in [-0.3, -0.25) is 9.52 Å². The van der Waals surface area contributed by atoms with Gasteiger partial charge in [0.05, 0.1) is 27.8 Å². The first kappa shape index (κ1) is 21.5. The molecule has 1 amide bonds. The average molecular weight is 443 g/mol. The molecule has 3 rings (SSSR count). The predicted molar refractivity (Wildman–Crippen MR) is 106 cm³/mol. The average Bonchev–Trinajstić information content (AvgIpc) is 2.70. The molecule has 1 heterocycles. The number of nitrogens with one attached hydrogen (secondary N) is 2. The molecule has 0 bridgehead atoms. The fourth-order valence-corrected chi connectivity index (χ4v) is 4.25. The van der Waals surface area contributed by atoms with Crippen molar-refractivity contribution in [2.24, 2.45) is 0 Å². The van der Waals surface area contributed by atoms with Gasteiger partial charge >= 0.3 is 0 Å². The maximum absolute atomic E-state index is 13.1. The number of amides is 1. The van der Waals surface area contributed by atoms with Gasteiger partial charge in [0.25, 0.3) is 15.9 Å². The third kappa shape index (κ3) is 5.05. The van der Waals surface area contributed by atoms with Crippen LogP contribution in [0, 0.1) is 5.82 Å². The molecule has 1 aliphatic rings. The van der Waals surface area contributed by atoms with Crippen molar-refractivity contribution >= 4 is 33.2 Å². The van der Waals surface area contributed by atoms with Crippen LogP contribution in [0.5, 0.6) is 0 Å². The second-order valence-corrected chi connectivity index (χ2v) is 8.85. The zero-order chi connectivity index (χ0) is 21.1. The number of ether oxygens (including phenoxy) is 1. The second kappa shape index (κ2) is 8.66. The van der Waals surface area contributed by atoms with Crippen LogP contribution in [-0.4, -0.2) is 44.8 Å². The van der Waals surface area contributed by atoms with E-state index >= 15 is 0 Å². The van der Waals surface area contributed by atoms with Crippen molar-refractivity contribution in [3.05, 3.63) is 58.9 Å². The van der Waals surface area contributed by atoms with Crippen LogP contribution in [0.25, 0.3) is 0 Å². The van der Waals surface area contributed by atoms with E-state index in [2.05, 4.69) is 10.0 Å². The fraction of sp³-hybridized carbons (Fsp3) is 0.316. The number of sulfonamides is 1. The van der Waals surface area contributed by atoms with Gasteiger partial charge in [-0.1, -0.05) is 11.6 Å². The van der Waals surface area contributed by atoms with Crippen molar-refractivity contribution in [3.8, 4) is 0 Å². The van der Waals surface area contributed by atoms with Crippen molar-refractivity contribution in [1.82, 2.24) is 5.32 Å². The van der Waals surface area contributed by atoms with Gasteiger partial charge in [0, 0.05) is 18.8 Å². The lowest BCUT2D eigenvalue weighted by atomic mass is 9.90. The number of carbonyl (C=O) groups is 1.